The molecule has 92 valence electrons. The Morgan fingerprint density at radius 2 is 2.12 bits per heavy atom. The minimum Gasteiger partial charge on any atom is -0.477 e. The molecule has 1 fully saturated rings. The lowest BCUT2D eigenvalue weighted by molar-refractivity contribution is 0.0696. The lowest BCUT2D eigenvalue weighted by Crippen LogP contribution is -2.32. The van der Waals surface area contributed by atoms with Crippen LogP contribution in [-0.4, -0.2) is 40.4 Å². The largest absolute Gasteiger partial charge is 0.477 e. The highest BCUT2D eigenvalue weighted by molar-refractivity contribution is 7.98. The molecule has 0 spiro atoms. The summed E-state index contributed by atoms with van der Waals surface area (Å²) in [6.45, 7) is 1.76. The molecule has 1 aromatic rings. The van der Waals surface area contributed by atoms with Gasteiger partial charge in [0.2, 0.25) is 0 Å². The van der Waals surface area contributed by atoms with Crippen molar-refractivity contribution in [2.75, 3.05) is 24.2 Å². The Hall–Kier alpha value is -1.30. The number of aromatic carboxylic acids is 1. The van der Waals surface area contributed by atoms with Gasteiger partial charge in [-0.1, -0.05) is 11.8 Å². The van der Waals surface area contributed by atoms with Gasteiger partial charge in [-0.15, -0.1) is 0 Å². The Morgan fingerprint density at radius 1 is 1.41 bits per heavy atom. The molecule has 1 aliphatic heterocycles. The Bertz CT molecular complexity index is 419. The van der Waals surface area contributed by atoms with E-state index in [1.807, 2.05) is 11.2 Å². The van der Waals surface area contributed by atoms with Crippen LogP contribution in [-0.2, 0) is 0 Å². The predicted molar refractivity (Wildman–Crippen MR) is 66.8 cm³/mol. The summed E-state index contributed by atoms with van der Waals surface area (Å²) >= 11 is 1.43. The molecule has 0 atom stereocenters. The molecule has 2 heterocycles. The van der Waals surface area contributed by atoms with Gasteiger partial charge in [0.15, 0.2) is 5.16 Å². The highest BCUT2D eigenvalue weighted by atomic mass is 32.2. The van der Waals surface area contributed by atoms with Crippen LogP contribution >= 0.6 is 11.8 Å². The lowest BCUT2D eigenvalue weighted by atomic mass is 10.1. The monoisotopic (exact) mass is 253 g/mol. The highest BCUT2D eigenvalue weighted by Crippen LogP contribution is 2.23. The Balaban J connectivity index is 2.36. The number of carboxylic acid groups (broad SMARTS) is 1. The van der Waals surface area contributed by atoms with Crippen LogP contribution in [0.1, 0.15) is 29.6 Å². The zero-order valence-electron chi connectivity index (χ0n) is 9.72. The average molecular weight is 253 g/mol. The molecule has 6 heteroatoms. The molecule has 0 aliphatic carbocycles. The van der Waals surface area contributed by atoms with Crippen LogP contribution in [0.15, 0.2) is 11.4 Å². The number of piperidine rings is 1. The van der Waals surface area contributed by atoms with Gasteiger partial charge < -0.3 is 10.0 Å². The number of hydrogen-bond acceptors (Lipinski definition) is 5. The summed E-state index contributed by atoms with van der Waals surface area (Å²) in [4.78, 5) is 21.6. The van der Waals surface area contributed by atoms with E-state index in [-0.39, 0.29) is 5.56 Å². The molecule has 0 aromatic carbocycles. The molecule has 17 heavy (non-hydrogen) atoms. The maximum Gasteiger partial charge on any atom is 0.341 e. The van der Waals surface area contributed by atoms with Gasteiger partial charge in [-0.2, -0.15) is 0 Å². The fourth-order valence-electron chi connectivity index (χ4n) is 1.95. The second-order valence-electron chi connectivity index (χ2n) is 3.95. The summed E-state index contributed by atoms with van der Waals surface area (Å²) in [6, 6.07) is 0. The fourth-order valence-corrected chi connectivity index (χ4v) is 2.29. The minimum absolute atomic E-state index is 0.199. The molecular weight excluding hydrogens is 238 g/mol. The Kier molecular flexibility index (Phi) is 3.83. The van der Waals surface area contributed by atoms with Crippen LogP contribution < -0.4 is 4.90 Å². The van der Waals surface area contributed by atoms with E-state index in [1.54, 1.807) is 0 Å². The third-order valence-electron chi connectivity index (χ3n) is 2.82. The van der Waals surface area contributed by atoms with E-state index in [0.29, 0.717) is 11.0 Å². The molecule has 1 N–H and O–H groups in total. The quantitative estimate of drug-likeness (QED) is 0.655. The number of anilines is 1. The van der Waals surface area contributed by atoms with Gasteiger partial charge in [0.25, 0.3) is 0 Å². The van der Waals surface area contributed by atoms with Crippen molar-refractivity contribution in [3.63, 3.8) is 0 Å². The standard InChI is InChI=1S/C11H15N3O2S/c1-17-11-12-7-8(10(15)16)9(13-11)14-5-3-2-4-6-14/h7H,2-6H2,1H3,(H,15,16). The molecule has 1 aromatic heterocycles. The van der Waals surface area contributed by atoms with E-state index >= 15 is 0 Å². The maximum absolute atomic E-state index is 11.2. The van der Waals surface area contributed by atoms with Crippen molar-refractivity contribution in [1.29, 1.82) is 0 Å². The summed E-state index contributed by atoms with van der Waals surface area (Å²) in [7, 11) is 0. The second-order valence-corrected chi connectivity index (χ2v) is 4.72. The Morgan fingerprint density at radius 3 is 2.71 bits per heavy atom. The van der Waals surface area contributed by atoms with E-state index in [2.05, 4.69) is 9.97 Å². The van der Waals surface area contributed by atoms with Crippen LogP contribution in [0.2, 0.25) is 0 Å². The van der Waals surface area contributed by atoms with Crippen LogP contribution in [0.25, 0.3) is 0 Å². The van der Waals surface area contributed by atoms with Crippen LogP contribution in [0, 0.1) is 0 Å². The van der Waals surface area contributed by atoms with Crippen molar-refractivity contribution in [2.45, 2.75) is 24.4 Å². The minimum atomic E-state index is -0.960. The summed E-state index contributed by atoms with van der Waals surface area (Å²) in [5.41, 5.74) is 0.199. The number of rotatable bonds is 3. The summed E-state index contributed by atoms with van der Waals surface area (Å²) < 4.78 is 0. The summed E-state index contributed by atoms with van der Waals surface area (Å²) in [6.07, 6.45) is 6.69. The highest BCUT2D eigenvalue weighted by Gasteiger charge is 2.20. The molecule has 1 saturated heterocycles. The van der Waals surface area contributed by atoms with Crippen LogP contribution in [0.4, 0.5) is 5.82 Å². The number of thioether (sulfide) groups is 1. The number of hydrogen-bond donors (Lipinski definition) is 1. The molecule has 0 amide bonds. The van der Waals surface area contributed by atoms with E-state index < -0.39 is 5.97 Å². The normalized spacial score (nSPS) is 15.9. The molecular formula is C11H15N3O2S. The number of carbonyl (C=O) groups is 1. The van der Waals surface area contributed by atoms with E-state index in [0.717, 1.165) is 25.9 Å². The molecule has 0 bridgehead atoms. The first-order valence-corrected chi connectivity index (χ1v) is 6.84. The van der Waals surface area contributed by atoms with Gasteiger partial charge >= 0.3 is 5.97 Å². The van der Waals surface area contributed by atoms with E-state index in [9.17, 15) is 4.79 Å². The fraction of sp³-hybridized carbons (Fsp3) is 0.545. The zero-order chi connectivity index (χ0) is 12.3. The molecule has 0 saturated carbocycles. The first-order chi connectivity index (χ1) is 8.22. The number of aromatic nitrogens is 2. The predicted octanol–water partition coefficient (Wildman–Crippen LogP) is 1.89. The van der Waals surface area contributed by atoms with Crippen molar-refractivity contribution < 1.29 is 9.90 Å². The lowest BCUT2D eigenvalue weighted by Gasteiger charge is -2.28. The third-order valence-corrected chi connectivity index (χ3v) is 3.38. The second kappa shape index (κ2) is 5.35. The van der Waals surface area contributed by atoms with Crippen LogP contribution in [0.5, 0.6) is 0 Å². The summed E-state index contributed by atoms with van der Waals surface area (Å²) in [5, 5.41) is 9.77. The van der Waals surface area contributed by atoms with E-state index in [4.69, 9.17) is 5.11 Å². The Labute approximate surface area is 104 Å². The van der Waals surface area contributed by atoms with Gasteiger partial charge in [-0.25, -0.2) is 14.8 Å². The van der Waals surface area contributed by atoms with Crippen LogP contribution in [0.3, 0.4) is 0 Å². The van der Waals surface area contributed by atoms with Crippen molar-refractivity contribution in [1.82, 2.24) is 9.97 Å². The zero-order valence-corrected chi connectivity index (χ0v) is 10.5. The van der Waals surface area contributed by atoms with Gasteiger partial charge in [-0.05, 0) is 25.5 Å². The first kappa shape index (κ1) is 12.2. The van der Waals surface area contributed by atoms with E-state index in [1.165, 1.54) is 24.4 Å². The maximum atomic E-state index is 11.2. The molecule has 0 radical (unpaired) electrons. The van der Waals surface area contributed by atoms with Gasteiger partial charge in [0, 0.05) is 19.3 Å². The molecule has 2 rings (SSSR count). The SMILES string of the molecule is CSc1ncc(C(=O)O)c(N2CCCCC2)n1. The van der Waals surface area contributed by atoms with Gasteiger partial charge in [-0.3, -0.25) is 0 Å². The number of nitrogens with zero attached hydrogens (tertiary/aromatic N) is 3. The first-order valence-electron chi connectivity index (χ1n) is 5.61. The molecule has 0 unspecified atom stereocenters. The van der Waals surface area contributed by atoms with Crippen molar-refractivity contribution in [3.05, 3.63) is 11.8 Å². The average Bonchev–Trinajstić information content (AvgIpc) is 2.39. The smallest absolute Gasteiger partial charge is 0.341 e. The third kappa shape index (κ3) is 2.69. The molecule has 5 nitrogen and oxygen atoms in total. The topological polar surface area (TPSA) is 66.3 Å². The van der Waals surface area contributed by atoms with Crippen molar-refractivity contribution in [2.24, 2.45) is 0 Å². The van der Waals surface area contributed by atoms with Gasteiger partial charge in [0.1, 0.15) is 11.4 Å². The number of carboxylic acids is 1. The van der Waals surface area contributed by atoms with Crippen molar-refractivity contribution in [3.8, 4) is 0 Å². The summed E-state index contributed by atoms with van der Waals surface area (Å²) in [5.74, 6) is -0.394. The molecule has 1 aliphatic rings. The van der Waals surface area contributed by atoms with Crippen molar-refractivity contribution >= 4 is 23.5 Å². The van der Waals surface area contributed by atoms with Gasteiger partial charge in [0.05, 0.1) is 0 Å².